The number of carboxylic acid groups (broad SMARTS) is 1. The van der Waals surface area contributed by atoms with Gasteiger partial charge in [-0.05, 0) is 24.6 Å². The normalized spacial score (nSPS) is 13.2. The van der Waals surface area contributed by atoms with E-state index >= 15 is 0 Å². The van der Waals surface area contributed by atoms with Gasteiger partial charge in [0.15, 0.2) is 0 Å². The van der Waals surface area contributed by atoms with Crippen LogP contribution in [-0.4, -0.2) is 17.4 Å². The molecule has 0 bridgehead atoms. The lowest BCUT2D eigenvalue weighted by Crippen LogP contribution is -2.17. The van der Waals surface area contributed by atoms with Crippen molar-refractivity contribution in [2.24, 2.45) is 0 Å². The van der Waals surface area contributed by atoms with E-state index in [9.17, 15) is 18.0 Å². The molecule has 0 heterocycles. The van der Waals surface area contributed by atoms with Gasteiger partial charge in [-0.15, -0.1) is 13.2 Å². The Bertz CT molecular complexity index is 387. The van der Waals surface area contributed by atoms with E-state index in [2.05, 4.69) is 4.74 Å². The van der Waals surface area contributed by atoms with Crippen molar-refractivity contribution in [3.05, 3.63) is 29.8 Å². The summed E-state index contributed by atoms with van der Waals surface area (Å²) in [4.78, 5) is 10.6. The lowest BCUT2D eigenvalue weighted by Gasteiger charge is -2.11. The second-order valence-electron chi connectivity index (χ2n) is 3.18. The van der Waals surface area contributed by atoms with Crippen molar-refractivity contribution in [3.63, 3.8) is 0 Å². The van der Waals surface area contributed by atoms with E-state index in [0.29, 0.717) is 0 Å². The SMILES string of the molecule is C[C@@H](C(=O)O)c1cccc(OC(F)(F)F)c1. The summed E-state index contributed by atoms with van der Waals surface area (Å²) >= 11 is 0. The van der Waals surface area contributed by atoms with Crippen molar-refractivity contribution in [2.75, 3.05) is 0 Å². The van der Waals surface area contributed by atoms with Gasteiger partial charge in [0.25, 0.3) is 0 Å². The minimum atomic E-state index is -4.77. The fraction of sp³-hybridized carbons (Fsp3) is 0.300. The van der Waals surface area contributed by atoms with Crippen LogP contribution >= 0.6 is 0 Å². The van der Waals surface area contributed by atoms with Crippen molar-refractivity contribution in [2.45, 2.75) is 19.2 Å². The van der Waals surface area contributed by atoms with Crippen LogP contribution in [0, 0.1) is 0 Å². The molecule has 0 amide bonds. The largest absolute Gasteiger partial charge is 0.573 e. The van der Waals surface area contributed by atoms with E-state index in [1.807, 2.05) is 0 Å². The lowest BCUT2D eigenvalue weighted by molar-refractivity contribution is -0.274. The van der Waals surface area contributed by atoms with Crippen molar-refractivity contribution in [1.29, 1.82) is 0 Å². The summed E-state index contributed by atoms with van der Waals surface area (Å²) in [5.74, 6) is -2.40. The van der Waals surface area contributed by atoms with Gasteiger partial charge in [0.05, 0.1) is 5.92 Å². The van der Waals surface area contributed by atoms with Gasteiger partial charge < -0.3 is 9.84 Å². The fourth-order valence-electron chi connectivity index (χ4n) is 1.12. The minimum absolute atomic E-state index is 0.259. The Morgan fingerprint density at radius 2 is 2.06 bits per heavy atom. The number of ether oxygens (including phenoxy) is 1. The predicted molar refractivity (Wildman–Crippen MR) is 49.2 cm³/mol. The van der Waals surface area contributed by atoms with E-state index in [1.54, 1.807) is 0 Å². The molecule has 1 atom stereocenters. The first kappa shape index (κ1) is 12.4. The van der Waals surface area contributed by atoms with Crippen LogP contribution in [0.4, 0.5) is 13.2 Å². The van der Waals surface area contributed by atoms with Crippen LogP contribution in [0.3, 0.4) is 0 Å². The first-order valence-corrected chi connectivity index (χ1v) is 4.38. The highest BCUT2D eigenvalue weighted by atomic mass is 19.4. The number of hydrogen-bond acceptors (Lipinski definition) is 2. The monoisotopic (exact) mass is 234 g/mol. The number of benzene rings is 1. The van der Waals surface area contributed by atoms with Crippen molar-refractivity contribution in [3.8, 4) is 5.75 Å². The van der Waals surface area contributed by atoms with E-state index in [0.717, 1.165) is 12.1 Å². The number of carboxylic acids is 1. The molecule has 0 radical (unpaired) electrons. The zero-order chi connectivity index (χ0) is 12.3. The third-order valence-corrected chi connectivity index (χ3v) is 1.96. The number of halogens is 3. The third-order valence-electron chi connectivity index (χ3n) is 1.96. The van der Waals surface area contributed by atoms with Gasteiger partial charge in [-0.1, -0.05) is 12.1 Å². The average molecular weight is 234 g/mol. The Labute approximate surface area is 89.5 Å². The van der Waals surface area contributed by atoms with Gasteiger partial charge in [0, 0.05) is 0 Å². The molecule has 3 nitrogen and oxygen atoms in total. The van der Waals surface area contributed by atoms with Crippen LogP contribution < -0.4 is 4.74 Å². The summed E-state index contributed by atoms with van der Waals surface area (Å²) in [6.45, 7) is 1.38. The molecule has 1 aromatic rings. The molecule has 1 N–H and O–H groups in total. The Morgan fingerprint density at radius 1 is 1.44 bits per heavy atom. The molecule has 16 heavy (non-hydrogen) atoms. The molecule has 88 valence electrons. The van der Waals surface area contributed by atoms with Crippen LogP contribution in [0.15, 0.2) is 24.3 Å². The maximum absolute atomic E-state index is 11.9. The summed E-state index contributed by atoms with van der Waals surface area (Å²) in [6.07, 6.45) is -4.77. The Balaban J connectivity index is 2.91. The van der Waals surface area contributed by atoms with E-state index in [1.165, 1.54) is 19.1 Å². The summed E-state index contributed by atoms with van der Waals surface area (Å²) in [6, 6.07) is 4.93. The number of carbonyl (C=O) groups is 1. The molecule has 0 saturated carbocycles. The van der Waals surface area contributed by atoms with Crippen LogP contribution in [0.5, 0.6) is 5.75 Å². The van der Waals surface area contributed by atoms with E-state index < -0.39 is 24.0 Å². The van der Waals surface area contributed by atoms with Gasteiger partial charge in [-0.3, -0.25) is 4.79 Å². The average Bonchev–Trinajstić information content (AvgIpc) is 2.14. The fourth-order valence-corrected chi connectivity index (χ4v) is 1.12. The van der Waals surface area contributed by atoms with Crippen LogP contribution in [-0.2, 0) is 4.79 Å². The maximum atomic E-state index is 11.9. The Kier molecular flexibility index (Phi) is 3.41. The van der Waals surface area contributed by atoms with Crippen molar-refractivity contribution in [1.82, 2.24) is 0 Å². The van der Waals surface area contributed by atoms with Gasteiger partial charge in [0.2, 0.25) is 0 Å². The number of aliphatic carboxylic acids is 1. The topological polar surface area (TPSA) is 46.5 Å². The van der Waals surface area contributed by atoms with Crippen molar-refractivity contribution < 1.29 is 27.8 Å². The quantitative estimate of drug-likeness (QED) is 0.874. The van der Waals surface area contributed by atoms with Crippen LogP contribution in [0.1, 0.15) is 18.4 Å². The summed E-state index contributed by atoms with van der Waals surface area (Å²) in [5.41, 5.74) is 0.259. The molecule has 0 aliphatic heterocycles. The summed E-state index contributed by atoms with van der Waals surface area (Å²) < 4.78 is 39.4. The molecule has 6 heteroatoms. The van der Waals surface area contributed by atoms with Crippen molar-refractivity contribution >= 4 is 5.97 Å². The molecule has 1 rings (SSSR count). The molecule has 1 aromatic carbocycles. The highest BCUT2D eigenvalue weighted by molar-refractivity contribution is 5.75. The molecular weight excluding hydrogens is 225 g/mol. The molecule has 0 aliphatic carbocycles. The number of rotatable bonds is 3. The van der Waals surface area contributed by atoms with Gasteiger partial charge >= 0.3 is 12.3 Å². The van der Waals surface area contributed by atoms with E-state index in [4.69, 9.17) is 5.11 Å². The molecule has 0 fully saturated rings. The predicted octanol–water partition coefficient (Wildman–Crippen LogP) is 2.77. The minimum Gasteiger partial charge on any atom is -0.481 e. The highest BCUT2D eigenvalue weighted by Crippen LogP contribution is 2.26. The molecule has 0 spiro atoms. The zero-order valence-electron chi connectivity index (χ0n) is 8.28. The zero-order valence-corrected chi connectivity index (χ0v) is 8.28. The molecule has 0 unspecified atom stereocenters. The Hall–Kier alpha value is -1.72. The Morgan fingerprint density at radius 3 is 2.56 bits per heavy atom. The second-order valence-corrected chi connectivity index (χ2v) is 3.18. The lowest BCUT2D eigenvalue weighted by atomic mass is 10.0. The van der Waals surface area contributed by atoms with Gasteiger partial charge in [-0.2, -0.15) is 0 Å². The second kappa shape index (κ2) is 4.42. The standard InChI is InChI=1S/C10H9F3O3/c1-6(9(14)15)7-3-2-4-8(5-7)16-10(11,12)13/h2-6H,1H3,(H,14,15)/t6-/m1/s1. The summed E-state index contributed by atoms with van der Waals surface area (Å²) in [5, 5.41) is 8.70. The smallest absolute Gasteiger partial charge is 0.481 e. The van der Waals surface area contributed by atoms with Gasteiger partial charge in [0.1, 0.15) is 5.75 Å². The highest BCUT2D eigenvalue weighted by Gasteiger charge is 2.31. The first-order chi connectivity index (χ1) is 7.29. The maximum Gasteiger partial charge on any atom is 0.573 e. The molecular formula is C10H9F3O3. The summed E-state index contributed by atoms with van der Waals surface area (Å²) in [7, 11) is 0. The van der Waals surface area contributed by atoms with Gasteiger partial charge in [-0.25, -0.2) is 0 Å². The molecule has 0 saturated heterocycles. The first-order valence-electron chi connectivity index (χ1n) is 4.38. The molecule has 0 aromatic heterocycles. The van der Waals surface area contributed by atoms with Crippen LogP contribution in [0.2, 0.25) is 0 Å². The number of alkyl halides is 3. The third kappa shape index (κ3) is 3.45. The molecule has 0 aliphatic rings. The number of hydrogen-bond donors (Lipinski definition) is 1. The van der Waals surface area contributed by atoms with Crippen LogP contribution in [0.25, 0.3) is 0 Å². The van der Waals surface area contributed by atoms with E-state index in [-0.39, 0.29) is 5.56 Å².